The predicted molar refractivity (Wildman–Crippen MR) is 87.9 cm³/mol. The van der Waals surface area contributed by atoms with E-state index >= 15 is 0 Å². The highest BCUT2D eigenvalue weighted by atomic mass is 79.9. The van der Waals surface area contributed by atoms with Crippen molar-refractivity contribution >= 4 is 44.8 Å². The highest BCUT2D eigenvalue weighted by Crippen LogP contribution is 2.22. The van der Waals surface area contributed by atoms with Crippen molar-refractivity contribution in [2.75, 3.05) is 24.3 Å². The first-order valence-corrected chi connectivity index (χ1v) is 7.17. The van der Waals surface area contributed by atoms with Crippen LogP contribution in [0, 0.1) is 0 Å². The van der Waals surface area contributed by atoms with Crippen LogP contribution in [-0.2, 0) is 0 Å². The lowest BCUT2D eigenvalue weighted by Crippen LogP contribution is -2.13. The summed E-state index contributed by atoms with van der Waals surface area (Å²) in [5.41, 5.74) is 2.28. The van der Waals surface area contributed by atoms with Crippen molar-refractivity contribution in [3.63, 3.8) is 0 Å². The molecule has 0 aromatic heterocycles. The molecule has 20 heavy (non-hydrogen) atoms. The molecule has 2 aromatic rings. The number of carbonyl (C=O) groups is 1. The summed E-state index contributed by atoms with van der Waals surface area (Å²) in [5.74, 6) is -0.191. The number of benzene rings is 2. The lowest BCUT2D eigenvalue weighted by Gasteiger charge is -2.14. The smallest absolute Gasteiger partial charge is 0.255 e. The standard InChI is InChI=1S/C15H14BrClN2O/c1-19(2)14-5-3-4-13(9-14)18-15(20)10-6-11(16)8-12(17)7-10/h3-9H,1-2H3,(H,18,20). The second kappa shape index (κ2) is 6.29. The van der Waals surface area contributed by atoms with Gasteiger partial charge in [-0.05, 0) is 36.4 Å². The number of anilines is 2. The Bertz CT molecular complexity index is 623. The van der Waals surface area contributed by atoms with Gasteiger partial charge in [-0.1, -0.05) is 33.6 Å². The maximum absolute atomic E-state index is 12.2. The number of halogens is 2. The van der Waals surface area contributed by atoms with Crippen LogP contribution in [0.2, 0.25) is 5.02 Å². The van der Waals surface area contributed by atoms with Gasteiger partial charge in [0.15, 0.2) is 0 Å². The highest BCUT2D eigenvalue weighted by Gasteiger charge is 2.08. The molecule has 0 bridgehead atoms. The third kappa shape index (κ3) is 3.74. The Kier molecular flexibility index (Phi) is 4.68. The van der Waals surface area contributed by atoms with Gasteiger partial charge in [-0.2, -0.15) is 0 Å². The van der Waals surface area contributed by atoms with Crippen molar-refractivity contribution in [1.29, 1.82) is 0 Å². The summed E-state index contributed by atoms with van der Waals surface area (Å²) in [5, 5.41) is 3.38. The maximum Gasteiger partial charge on any atom is 0.255 e. The molecule has 1 N–H and O–H groups in total. The normalized spacial score (nSPS) is 10.2. The van der Waals surface area contributed by atoms with E-state index in [1.165, 1.54) is 0 Å². The molecule has 0 heterocycles. The van der Waals surface area contributed by atoms with Gasteiger partial charge in [-0.15, -0.1) is 0 Å². The third-order valence-corrected chi connectivity index (χ3v) is 3.42. The number of hydrogen-bond acceptors (Lipinski definition) is 2. The number of rotatable bonds is 3. The SMILES string of the molecule is CN(C)c1cccc(NC(=O)c2cc(Cl)cc(Br)c2)c1. The van der Waals surface area contributed by atoms with E-state index in [1.54, 1.807) is 18.2 Å². The van der Waals surface area contributed by atoms with Crippen molar-refractivity contribution in [1.82, 2.24) is 0 Å². The van der Waals surface area contributed by atoms with Gasteiger partial charge in [0, 0.05) is 40.5 Å². The second-order valence-corrected chi connectivity index (χ2v) is 5.91. The van der Waals surface area contributed by atoms with Crippen LogP contribution in [0.5, 0.6) is 0 Å². The fraction of sp³-hybridized carbons (Fsp3) is 0.133. The highest BCUT2D eigenvalue weighted by molar-refractivity contribution is 9.10. The van der Waals surface area contributed by atoms with Crippen LogP contribution < -0.4 is 10.2 Å². The van der Waals surface area contributed by atoms with E-state index in [4.69, 9.17) is 11.6 Å². The number of carbonyl (C=O) groups excluding carboxylic acids is 1. The largest absolute Gasteiger partial charge is 0.378 e. The Hall–Kier alpha value is -1.52. The zero-order valence-corrected chi connectivity index (χ0v) is 13.5. The van der Waals surface area contributed by atoms with Crippen LogP contribution in [0.1, 0.15) is 10.4 Å². The Morgan fingerprint density at radius 3 is 2.60 bits per heavy atom. The van der Waals surface area contributed by atoms with Gasteiger partial charge in [0.25, 0.3) is 5.91 Å². The molecule has 0 aliphatic heterocycles. The minimum Gasteiger partial charge on any atom is -0.378 e. The monoisotopic (exact) mass is 352 g/mol. The van der Waals surface area contributed by atoms with Crippen LogP contribution in [-0.4, -0.2) is 20.0 Å². The Morgan fingerprint density at radius 1 is 1.20 bits per heavy atom. The number of hydrogen-bond donors (Lipinski definition) is 1. The molecule has 2 aromatic carbocycles. The molecule has 0 saturated carbocycles. The zero-order valence-electron chi connectivity index (χ0n) is 11.2. The lowest BCUT2D eigenvalue weighted by molar-refractivity contribution is 0.102. The summed E-state index contributed by atoms with van der Waals surface area (Å²) in [6.45, 7) is 0. The lowest BCUT2D eigenvalue weighted by atomic mass is 10.2. The van der Waals surface area contributed by atoms with Gasteiger partial charge < -0.3 is 10.2 Å². The fourth-order valence-corrected chi connectivity index (χ4v) is 2.61. The summed E-state index contributed by atoms with van der Waals surface area (Å²) in [4.78, 5) is 14.2. The summed E-state index contributed by atoms with van der Waals surface area (Å²) in [6, 6.07) is 12.8. The van der Waals surface area contributed by atoms with Gasteiger partial charge in [0.1, 0.15) is 0 Å². The third-order valence-electron chi connectivity index (χ3n) is 2.75. The Balaban J connectivity index is 2.21. The van der Waals surface area contributed by atoms with E-state index in [-0.39, 0.29) is 5.91 Å². The van der Waals surface area contributed by atoms with Crippen molar-refractivity contribution in [2.24, 2.45) is 0 Å². The quantitative estimate of drug-likeness (QED) is 0.886. The van der Waals surface area contributed by atoms with Gasteiger partial charge in [-0.3, -0.25) is 4.79 Å². The first-order valence-electron chi connectivity index (χ1n) is 6.00. The van der Waals surface area contributed by atoms with E-state index in [2.05, 4.69) is 21.2 Å². The molecule has 3 nitrogen and oxygen atoms in total. The van der Waals surface area contributed by atoms with E-state index in [1.807, 2.05) is 43.3 Å². The van der Waals surface area contributed by atoms with Crippen LogP contribution in [0.15, 0.2) is 46.9 Å². The topological polar surface area (TPSA) is 32.3 Å². The molecule has 0 aliphatic rings. The summed E-state index contributed by atoms with van der Waals surface area (Å²) < 4.78 is 0.775. The molecule has 0 saturated heterocycles. The first-order chi connectivity index (χ1) is 9.45. The molecule has 104 valence electrons. The molecule has 0 fully saturated rings. The summed E-state index contributed by atoms with van der Waals surface area (Å²) in [6.07, 6.45) is 0. The van der Waals surface area contributed by atoms with Crippen LogP contribution in [0.4, 0.5) is 11.4 Å². The molecular formula is C15H14BrClN2O. The maximum atomic E-state index is 12.2. The molecule has 0 atom stereocenters. The molecule has 2 rings (SSSR count). The molecular weight excluding hydrogens is 340 g/mol. The number of nitrogens with zero attached hydrogens (tertiary/aromatic N) is 1. The van der Waals surface area contributed by atoms with Crippen molar-refractivity contribution in [2.45, 2.75) is 0 Å². The van der Waals surface area contributed by atoms with E-state index in [0.29, 0.717) is 10.6 Å². The molecule has 0 aliphatic carbocycles. The van der Waals surface area contributed by atoms with Crippen LogP contribution in [0.3, 0.4) is 0 Å². The molecule has 1 amide bonds. The minimum atomic E-state index is -0.191. The second-order valence-electron chi connectivity index (χ2n) is 4.56. The van der Waals surface area contributed by atoms with Crippen molar-refractivity contribution in [3.05, 3.63) is 57.5 Å². The molecule has 0 unspecified atom stereocenters. The van der Waals surface area contributed by atoms with Gasteiger partial charge in [-0.25, -0.2) is 0 Å². The van der Waals surface area contributed by atoms with Gasteiger partial charge >= 0.3 is 0 Å². The minimum absolute atomic E-state index is 0.191. The van der Waals surface area contributed by atoms with E-state index < -0.39 is 0 Å². The van der Waals surface area contributed by atoms with E-state index in [9.17, 15) is 4.79 Å². The first kappa shape index (κ1) is 14.9. The van der Waals surface area contributed by atoms with Gasteiger partial charge in [0.2, 0.25) is 0 Å². The summed E-state index contributed by atoms with van der Waals surface area (Å²) >= 11 is 9.27. The predicted octanol–water partition coefficient (Wildman–Crippen LogP) is 4.42. The van der Waals surface area contributed by atoms with Crippen LogP contribution in [0.25, 0.3) is 0 Å². The molecule has 5 heteroatoms. The molecule has 0 radical (unpaired) electrons. The summed E-state index contributed by atoms with van der Waals surface area (Å²) in [7, 11) is 3.91. The Labute approximate surface area is 131 Å². The Morgan fingerprint density at radius 2 is 1.95 bits per heavy atom. The van der Waals surface area contributed by atoms with Crippen molar-refractivity contribution in [3.8, 4) is 0 Å². The fourth-order valence-electron chi connectivity index (χ4n) is 1.75. The average molecular weight is 354 g/mol. The average Bonchev–Trinajstić information content (AvgIpc) is 2.37. The van der Waals surface area contributed by atoms with Crippen LogP contribution >= 0.6 is 27.5 Å². The van der Waals surface area contributed by atoms with E-state index in [0.717, 1.165) is 15.8 Å². The number of nitrogens with one attached hydrogen (secondary N) is 1. The van der Waals surface area contributed by atoms with Crippen molar-refractivity contribution < 1.29 is 4.79 Å². The molecule has 0 spiro atoms. The van der Waals surface area contributed by atoms with Gasteiger partial charge in [0.05, 0.1) is 0 Å². The number of amides is 1. The zero-order chi connectivity index (χ0) is 14.7.